The standard InChI is InChI=1S/C12H17F3N2O2/c1-16-6-2-5-11(18)17(9-12(13,14)15)8-10-4-3-7-19-10/h3-4,7,16H,2,5-6,8-9H2,1H3. The van der Waals surface area contributed by atoms with E-state index < -0.39 is 18.6 Å². The maximum Gasteiger partial charge on any atom is 0.406 e. The van der Waals surface area contributed by atoms with Crippen molar-refractivity contribution < 1.29 is 22.4 Å². The highest BCUT2D eigenvalue weighted by Gasteiger charge is 2.33. The minimum Gasteiger partial charge on any atom is -0.467 e. The van der Waals surface area contributed by atoms with Crippen molar-refractivity contribution in [2.45, 2.75) is 25.6 Å². The van der Waals surface area contributed by atoms with Gasteiger partial charge in [-0.1, -0.05) is 0 Å². The van der Waals surface area contributed by atoms with Gasteiger partial charge in [-0.2, -0.15) is 13.2 Å². The highest BCUT2D eigenvalue weighted by Crippen LogP contribution is 2.19. The Morgan fingerprint density at radius 3 is 2.74 bits per heavy atom. The second-order valence-corrected chi connectivity index (χ2v) is 4.15. The molecule has 4 nitrogen and oxygen atoms in total. The van der Waals surface area contributed by atoms with Crippen LogP contribution in [0.5, 0.6) is 0 Å². The Labute approximate surface area is 109 Å². The van der Waals surface area contributed by atoms with Crippen molar-refractivity contribution in [2.24, 2.45) is 0 Å². The van der Waals surface area contributed by atoms with Crippen LogP contribution in [0.1, 0.15) is 18.6 Å². The van der Waals surface area contributed by atoms with Crippen LogP contribution in [0.2, 0.25) is 0 Å². The number of amides is 1. The van der Waals surface area contributed by atoms with Crippen LogP contribution in [0.4, 0.5) is 13.2 Å². The van der Waals surface area contributed by atoms with Crippen molar-refractivity contribution >= 4 is 5.91 Å². The van der Waals surface area contributed by atoms with Crippen LogP contribution in [-0.2, 0) is 11.3 Å². The fourth-order valence-electron chi connectivity index (χ4n) is 1.61. The van der Waals surface area contributed by atoms with E-state index in [-0.39, 0.29) is 13.0 Å². The van der Waals surface area contributed by atoms with E-state index in [1.165, 1.54) is 6.26 Å². The summed E-state index contributed by atoms with van der Waals surface area (Å²) in [5, 5.41) is 2.84. The smallest absolute Gasteiger partial charge is 0.406 e. The molecule has 0 aromatic carbocycles. The van der Waals surface area contributed by atoms with Gasteiger partial charge in [0.25, 0.3) is 0 Å². The minimum absolute atomic E-state index is 0.0810. The lowest BCUT2D eigenvalue weighted by atomic mass is 10.2. The van der Waals surface area contributed by atoms with Crippen molar-refractivity contribution in [1.29, 1.82) is 0 Å². The van der Waals surface area contributed by atoms with Crippen molar-refractivity contribution in [3.8, 4) is 0 Å². The van der Waals surface area contributed by atoms with Gasteiger partial charge in [-0.25, -0.2) is 0 Å². The lowest BCUT2D eigenvalue weighted by Gasteiger charge is -2.23. The van der Waals surface area contributed by atoms with Crippen molar-refractivity contribution in [1.82, 2.24) is 10.2 Å². The molecule has 1 rings (SSSR count). The third-order valence-corrected chi connectivity index (χ3v) is 2.47. The quantitative estimate of drug-likeness (QED) is 0.777. The summed E-state index contributed by atoms with van der Waals surface area (Å²) in [6.07, 6.45) is -2.46. The van der Waals surface area contributed by atoms with Gasteiger partial charge in [0.1, 0.15) is 12.3 Å². The Balaban J connectivity index is 2.60. The molecule has 0 spiro atoms. The number of halogens is 3. The number of nitrogens with one attached hydrogen (secondary N) is 1. The number of furan rings is 1. The Morgan fingerprint density at radius 2 is 2.21 bits per heavy atom. The molecule has 1 aromatic rings. The first-order valence-corrected chi connectivity index (χ1v) is 5.94. The molecule has 1 aromatic heterocycles. The predicted molar refractivity (Wildman–Crippen MR) is 63.3 cm³/mol. The maximum absolute atomic E-state index is 12.4. The number of hydrogen-bond acceptors (Lipinski definition) is 3. The first-order valence-electron chi connectivity index (χ1n) is 5.94. The van der Waals surface area contributed by atoms with E-state index in [4.69, 9.17) is 4.42 Å². The second-order valence-electron chi connectivity index (χ2n) is 4.15. The average Bonchev–Trinajstić information content (AvgIpc) is 2.79. The number of carbonyl (C=O) groups is 1. The van der Waals surface area contributed by atoms with Crippen LogP contribution in [0.25, 0.3) is 0 Å². The summed E-state index contributed by atoms with van der Waals surface area (Å²) in [7, 11) is 1.72. The fourth-order valence-corrected chi connectivity index (χ4v) is 1.61. The highest BCUT2D eigenvalue weighted by molar-refractivity contribution is 5.76. The Morgan fingerprint density at radius 1 is 1.47 bits per heavy atom. The molecule has 1 amide bonds. The number of rotatable bonds is 7. The van der Waals surface area contributed by atoms with E-state index in [2.05, 4.69) is 5.32 Å². The number of carbonyl (C=O) groups excluding carboxylic acids is 1. The largest absolute Gasteiger partial charge is 0.467 e. The maximum atomic E-state index is 12.4. The van der Waals surface area contributed by atoms with Crippen LogP contribution in [-0.4, -0.2) is 37.1 Å². The number of hydrogen-bond donors (Lipinski definition) is 1. The molecule has 0 fully saturated rings. The third kappa shape index (κ3) is 6.28. The zero-order valence-corrected chi connectivity index (χ0v) is 10.7. The Hall–Kier alpha value is -1.50. The molecule has 0 aliphatic carbocycles. The van der Waals surface area contributed by atoms with E-state index >= 15 is 0 Å². The first kappa shape index (κ1) is 15.6. The van der Waals surface area contributed by atoms with Crippen molar-refractivity contribution in [3.05, 3.63) is 24.2 Å². The van der Waals surface area contributed by atoms with Crippen molar-refractivity contribution in [2.75, 3.05) is 20.1 Å². The predicted octanol–water partition coefficient (Wildman–Crippen LogP) is 2.17. The Bertz CT molecular complexity index is 377. The van der Waals surface area contributed by atoms with Crippen LogP contribution in [0.3, 0.4) is 0 Å². The summed E-state index contributed by atoms with van der Waals surface area (Å²) in [4.78, 5) is 12.6. The van der Waals surface area contributed by atoms with Gasteiger partial charge >= 0.3 is 6.18 Å². The van der Waals surface area contributed by atoms with Crippen molar-refractivity contribution in [3.63, 3.8) is 0 Å². The summed E-state index contributed by atoms with van der Waals surface area (Å²) < 4.78 is 42.3. The normalized spacial score (nSPS) is 11.6. The summed E-state index contributed by atoms with van der Waals surface area (Å²) >= 11 is 0. The topological polar surface area (TPSA) is 45.5 Å². The van der Waals surface area contributed by atoms with Gasteiger partial charge in [0, 0.05) is 6.42 Å². The molecule has 19 heavy (non-hydrogen) atoms. The lowest BCUT2D eigenvalue weighted by molar-refractivity contribution is -0.162. The minimum atomic E-state index is -4.41. The molecule has 0 saturated heterocycles. The summed E-state index contributed by atoms with van der Waals surface area (Å²) in [5.74, 6) is -0.185. The van der Waals surface area contributed by atoms with Gasteiger partial charge in [0.15, 0.2) is 0 Å². The zero-order valence-electron chi connectivity index (χ0n) is 10.7. The molecule has 108 valence electrons. The molecule has 1 N–H and O–H groups in total. The SMILES string of the molecule is CNCCCC(=O)N(Cc1ccco1)CC(F)(F)F. The van der Waals surface area contributed by atoms with E-state index in [0.29, 0.717) is 18.7 Å². The molecule has 0 bridgehead atoms. The fraction of sp³-hybridized carbons (Fsp3) is 0.583. The molecule has 0 aliphatic rings. The van der Waals surface area contributed by atoms with Crippen LogP contribution in [0, 0.1) is 0 Å². The second kappa shape index (κ2) is 7.18. The summed E-state index contributed by atoms with van der Waals surface area (Å²) in [6.45, 7) is -0.830. The number of alkyl halides is 3. The van der Waals surface area contributed by atoms with Gasteiger partial charge in [0.05, 0.1) is 12.8 Å². The van der Waals surface area contributed by atoms with E-state index in [0.717, 1.165) is 4.90 Å². The monoisotopic (exact) mass is 278 g/mol. The number of nitrogens with zero attached hydrogens (tertiary/aromatic N) is 1. The molecule has 0 atom stereocenters. The third-order valence-electron chi connectivity index (χ3n) is 2.47. The Kier molecular flexibility index (Phi) is 5.88. The summed E-state index contributed by atoms with van der Waals surface area (Å²) in [5.41, 5.74) is 0. The van der Waals surface area contributed by atoms with Gasteiger partial charge in [-0.15, -0.1) is 0 Å². The van der Waals surface area contributed by atoms with Gasteiger partial charge in [-0.05, 0) is 32.1 Å². The molecular formula is C12H17F3N2O2. The average molecular weight is 278 g/mol. The van der Waals surface area contributed by atoms with Crippen LogP contribution >= 0.6 is 0 Å². The van der Waals surface area contributed by atoms with Gasteiger partial charge in [-0.3, -0.25) is 4.79 Å². The molecule has 0 aliphatic heterocycles. The van der Waals surface area contributed by atoms with E-state index in [9.17, 15) is 18.0 Å². The van der Waals surface area contributed by atoms with E-state index in [1.807, 2.05) is 0 Å². The van der Waals surface area contributed by atoms with Crippen LogP contribution in [0.15, 0.2) is 22.8 Å². The van der Waals surface area contributed by atoms with Gasteiger partial charge in [0.2, 0.25) is 5.91 Å². The van der Waals surface area contributed by atoms with Gasteiger partial charge < -0.3 is 14.6 Å². The van der Waals surface area contributed by atoms with Crippen LogP contribution < -0.4 is 5.32 Å². The molecule has 0 saturated carbocycles. The zero-order chi connectivity index (χ0) is 14.3. The molecule has 7 heteroatoms. The molecule has 1 heterocycles. The lowest BCUT2D eigenvalue weighted by Crippen LogP contribution is -2.38. The highest BCUT2D eigenvalue weighted by atomic mass is 19.4. The van der Waals surface area contributed by atoms with E-state index in [1.54, 1.807) is 19.2 Å². The first-order chi connectivity index (χ1) is 8.92. The summed E-state index contributed by atoms with van der Waals surface area (Å²) in [6, 6.07) is 3.12. The molecular weight excluding hydrogens is 261 g/mol. The molecule has 0 radical (unpaired) electrons. The molecule has 0 unspecified atom stereocenters.